The van der Waals surface area contributed by atoms with Gasteiger partial charge >= 0.3 is 0 Å². The zero-order valence-electron chi connectivity index (χ0n) is 10.1. The Morgan fingerprint density at radius 3 is 2.83 bits per heavy atom. The number of hydrogen-bond acceptors (Lipinski definition) is 4. The Hall–Kier alpha value is -0.490. The van der Waals surface area contributed by atoms with E-state index in [4.69, 9.17) is 11.6 Å². The molecular formula is C12H13BrClN3S. The molecule has 0 fully saturated rings. The second-order valence-electron chi connectivity index (χ2n) is 3.82. The summed E-state index contributed by atoms with van der Waals surface area (Å²) in [7, 11) is 1.94. The second-order valence-corrected chi connectivity index (χ2v) is 6.09. The Kier molecular flexibility index (Phi) is 4.72. The highest BCUT2D eigenvalue weighted by Gasteiger charge is 2.14. The van der Waals surface area contributed by atoms with Crippen LogP contribution in [-0.2, 0) is 0 Å². The van der Waals surface area contributed by atoms with Crippen LogP contribution in [-0.4, -0.2) is 17.2 Å². The molecule has 0 bridgehead atoms. The predicted octanol–water partition coefficient (Wildman–Crippen LogP) is 4.29. The lowest BCUT2D eigenvalue weighted by atomic mass is 10.2. The average molecular weight is 347 g/mol. The molecule has 0 radical (unpaired) electrons. The third kappa shape index (κ3) is 2.91. The van der Waals surface area contributed by atoms with Crippen LogP contribution in [0.1, 0.15) is 24.4 Å². The fourth-order valence-corrected chi connectivity index (χ4v) is 3.15. The fraction of sp³-hybridized carbons (Fsp3) is 0.333. The highest BCUT2D eigenvalue weighted by molar-refractivity contribution is 9.10. The second kappa shape index (κ2) is 6.10. The van der Waals surface area contributed by atoms with Gasteiger partial charge in [0.2, 0.25) is 0 Å². The van der Waals surface area contributed by atoms with E-state index in [9.17, 15) is 0 Å². The van der Waals surface area contributed by atoms with Gasteiger partial charge in [0.1, 0.15) is 10.0 Å². The van der Waals surface area contributed by atoms with E-state index in [0.717, 1.165) is 26.5 Å². The first kappa shape index (κ1) is 13.9. The minimum atomic E-state index is 0.270. The van der Waals surface area contributed by atoms with Crippen LogP contribution < -0.4 is 5.32 Å². The molecular weight excluding hydrogens is 334 g/mol. The molecule has 1 aromatic carbocycles. The van der Waals surface area contributed by atoms with E-state index >= 15 is 0 Å². The molecule has 0 aliphatic rings. The maximum atomic E-state index is 5.98. The number of hydrogen-bond donors (Lipinski definition) is 1. The van der Waals surface area contributed by atoms with Gasteiger partial charge in [-0.05, 0) is 41.5 Å². The lowest BCUT2D eigenvalue weighted by molar-refractivity contribution is 0.568. The minimum Gasteiger partial charge on any atom is -0.311 e. The van der Waals surface area contributed by atoms with Gasteiger partial charge in [0.15, 0.2) is 0 Å². The lowest BCUT2D eigenvalue weighted by Gasteiger charge is -2.08. The van der Waals surface area contributed by atoms with Crippen LogP contribution in [0.4, 0.5) is 0 Å². The van der Waals surface area contributed by atoms with Crippen molar-refractivity contribution in [3.05, 3.63) is 32.7 Å². The molecule has 0 saturated heterocycles. The number of aromatic nitrogens is 2. The van der Waals surface area contributed by atoms with Crippen molar-refractivity contribution in [2.24, 2.45) is 0 Å². The van der Waals surface area contributed by atoms with E-state index in [0.29, 0.717) is 5.02 Å². The Morgan fingerprint density at radius 1 is 1.44 bits per heavy atom. The maximum Gasteiger partial charge on any atom is 0.147 e. The summed E-state index contributed by atoms with van der Waals surface area (Å²) in [6.45, 7) is 2.13. The van der Waals surface area contributed by atoms with Crippen LogP contribution in [0.5, 0.6) is 0 Å². The van der Waals surface area contributed by atoms with Crippen LogP contribution >= 0.6 is 38.9 Å². The van der Waals surface area contributed by atoms with Crippen LogP contribution in [0.15, 0.2) is 22.7 Å². The van der Waals surface area contributed by atoms with E-state index in [-0.39, 0.29) is 6.04 Å². The van der Waals surface area contributed by atoms with E-state index in [1.807, 2.05) is 25.2 Å². The van der Waals surface area contributed by atoms with Gasteiger partial charge in [-0.3, -0.25) is 0 Å². The maximum absolute atomic E-state index is 5.98. The first-order valence-electron chi connectivity index (χ1n) is 5.61. The quantitative estimate of drug-likeness (QED) is 0.897. The van der Waals surface area contributed by atoms with Crippen molar-refractivity contribution in [2.75, 3.05) is 7.05 Å². The Labute approximate surface area is 124 Å². The molecule has 3 nitrogen and oxygen atoms in total. The molecule has 2 rings (SSSR count). The van der Waals surface area contributed by atoms with E-state index in [2.05, 4.69) is 38.4 Å². The summed E-state index contributed by atoms with van der Waals surface area (Å²) in [5.74, 6) is 0. The van der Waals surface area contributed by atoms with Crippen LogP contribution in [0.3, 0.4) is 0 Å². The lowest BCUT2D eigenvalue weighted by Crippen LogP contribution is -2.14. The van der Waals surface area contributed by atoms with Gasteiger partial charge in [-0.15, -0.1) is 10.2 Å². The predicted molar refractivity (Wildman–Crippen MR) is 80.1 cm³/mol. The van der Waals surface area contributed by atoms with Crippen molar-refractivity contribution in [2.45, 2.75) is 19.4 Å². The molecule has 6 heteroatoms. The molecule has 1 aromatic heterocycles. The zero-order valence-corrected chi connectivity index (χ0v) is 13.2. The third-order valence-corrected chi connectivity index (χ3v) is 4.96. The van der Waals surface area contributed by atoms with Crippen molar-refractivity contribution in [1.29, 1.82) is 0 Å². The number of nitrogens with zero attached hydrogens (tertiary/aromatic N) is 2. The zero-order chi connectivity index (χ0) is 13.1. The van der Waals surface area contributed by atoms with Crippen molar-refractivity contribution in [3.63, 3.8) is 0 Å². The number of benzene rings is 1. The summed E-state index contributed by atoms with van der Waals surface area (Å²) in [5, 5.41) is 14.3. The summed E-state index contributed by atoms with van der Waals surface area (Å²) in [6, 6.07) is 6.05. The highest BCUT2D eigenvalue weighted by Crippen LogP contribution is 2.32. The van der Waals surface area contributed by atoms with Gasteiger partial charge in [-0.1, -0.05) is 35.9 Å². The summed E-state index contributed by atoms with van der Waals surface area (Å²) < 4.78 is 0.874. The topological polar surface area (TPSA) is 37.8 Å². The van der Waals surface area contributed by atoms with Crippen LogP contribution in [0.2, 0.25) is 5.02 Å². The van der Waals surface area contributed by atoms with Gasteiger partial charge in [0.05, 0.1) is 11.1 Å². The summed E-state index contributed by atoms with van der Waals surface area (Å²) in [4.78, 5) is 0. The van der Waals surface area contributed by atoms with Crippen molar-refractivity contribution in [3.8, 4) is 10.6 Å². The van der Waals surface area contributed by atoms with Crippen LogP contribution in [0.25, 0.3) is 10.6 Å². The monoisotopic (exact) mass is 345 g/mol. The molecule has 0 aliphatic carbocycles. The number of halogens is 2. The summed E-state index contributed by atoms with van der Waals surface area (Å²) in [6.07, 6.45) is 0.995. The Bertz CT molecular complexity index is 540. The van der Waals surface area contributed by atoms with E-state index < -0.39 is 0 Å². The van der Waals surface area contributed by atoms with Gasteiger partial charge in [0.25, 0.3) is 0 Å². The van der Waals surface area contributed by atoms with Crippen LogP contribution in [0, 0.1) is 0 Å². The molecule has 1 N–H and O–H groups in total. The third-order valence-electron chi connectivity index (χ3n) is 2.66. The average Bonchev–Trinajstić information content (AvgIpc) is 2.84. The van der Waals surface area contributed by atoms with Crippen molar-refractivity contribution >= 4 is 38.9 Å². The molecule has 1 unspecified atom stereocenters. The number of rotatable bonds is 4. The van der Waals surface area contributed by atoms with Crippen molar-refractivity contribution < 1.29 is 0 Å². The molecule has 0 spiro atoms. The molecule has 0 aliphatic heterocycles. The molecule has 0 amide bonds. The van der Waals surface area contributed by atoms with E-state index in [1.54, 1.807) is 11.3 Å². The first-order valence-corrected chi connectivity index (χ1v) is 7.60. The van der Waals surface area contributed by atoms with Gasteiger partial charge in [-0.25, -0.2) is 0 Å². The minimum absolute atomic E-state index is 0.270. The molecule has 1 atom stereocenters. The first-order chi connectivity index (χ1) is 8.65. The van der Waals surface area contributed by atoms with Gasteiger partial charge in [-0.2, -0.15) is 0 Å². The SMILES string of the molecule is CCC(NC)c1nnc(-c2ccc(Cl)c(Br)c2)s1. The normalized spacial score (nSPS) is 12.7. The summed E-state index contributed by atoms with van der Waals surface area (Å²) >= 11 is 11.0. The smallest absolute Gasteiger partial charge is 0.147 e. The molecule has 18 heavy (non-hydrogen) atoms. The molecule has 0 saturated carbocycles. The molecule has 96 valence electrons. The van der Waals surface area contributed by atoms with Gasteiger partial charge < -0.3 is 5.32 Å². The highest BCUT2D eigenvalue weighted by atomic mass is 79.9. The Morgan fingerprint density at radius 2 is 2.22 bits per heavy atom. The molecule has 2 aromatic rings. The largest absolute Gasteiger partial charge is 0.311 e. The van der Waals surface area contributed by atoms with Crippen molar-refractivity contribution in [1.82, 2.24) is 15.5 Å². The fourth-order valence-electron chi connectivity index (χ4n) is 1.62. The summed E-state index contributed by atoms with van der Waals surface area (Å²) in [5.41, 5.74) is 1.03. The van der Waals surface area contributed by atoms with Gasteiger partial charge in [0, 0.05) is 10.0 Å². The molecule has 1 heterocycles. The Balaban J connectivity index is 2.31. The standard InChI is InChI=1S/C12H13BrClN3S/c1-3-10(15-2)12-17-16-11(18-12)7-4-5-9(14)8(13)6-7/h4-6,10,15H,3H2,1-2H3. The number of nitrogens with one attached hydrogen (secondary N) is 1. The van der Waals surface area contributed by atoms with E-state index in [1.165, 1.54) is 0 Å².